The molecular weight excluding hydrogens is 1140 g/mol. The van der Waals surface area contributed by atoms with Crippen LogP contribution in [0.15, 0.2) is 0 Å². The molecule has 0 radical (unpaired) electrons. The van der Waals surface area contributed by atoms with Gasteiger partial charge in [0.15, 0.2) is 12.2 Å². The summed E-state index contributed by atoms with van der Waals surface area (Å²) < 4.78 is 68.1. The molecule has 0 spiro atoms. The third-order valence-corrected chi connectivity index (χ3v) is 17.9. The van der Waals surface area contributed by atoms with Crippen LogP contribution in [0.25, 0.3) is 0 Å². The van der Waals surface area contributed by atoms with E-state index in [-0.39, 0.29) is 25.7 Å². The molecular formula is C67H130O17P2. The summed E-state index contributed by atoms with van der Waals surface area (Å²) in [5, 5.41) is 10.6. The number of hydrogen-bond acceptors (Lipinski definition) is 15. The molecule has 0 saturated carbocycles. The zero-order valence-electron chi connectivity index (χ0n) is 55.9. The Bertz CT molecular complexity index is 1720. The van der Waals surface area contributed by atoms with Crippen LogP contribution in [-0.4, -0.2) is 96.7 Å². The lowest BCUT2D eigenvalue weighted by molar-refractivity contribution is -0.161. The van der Waals surface area contributed by atoms with Crippen molar-refractivity contribution in [2.75, 3.05) is 39.6 Å². The Morgan fingerprint density at radius 3 is 0.826 bits per heavy atom. The summed E-state index contributed by atoms with van der Waals surface area (Å²) in [5.74, 6) is 0.823. The molecule has 0 aliphatic carbocycles. The van der Waals surface area contributed by atoms with E-state index in [0.29, 0.717) is 31.6 Å². The Balaban J connectivity index is 5.26. The fourth-order valence-corrected chi connectivity index (χ4v) is 11.5. The van der Waals surface area contributed by atoms with Crippen molar-refractivity contribution in [1.29, 1.82) is 0 Å². The van der Waals surface area contributed by atoms with E-state index in [1.54, 1.807) is 0 Å². The van der Waals surface area contributed by atoms with Gasteiger partial charge in [-0.05, 0) is 49.4 Å². The first-order chi connectivity index (χ1) is 41.2. The van der Waals surface area contributed by atoms with Gasteiger partial charge in [-0.2, -0.15) is 0 Å². The second-order valence-electron chi connectivity index (χ2n) is 25.6. The lowest BCUT2D eigenvalue weighted by atomic mass is 9.99. The Labute approximate surface area is 524 Å². The van der Waals surface area contributed by atoms with Gasteiger partial charge in [0.1, 0.15) is 19.3 Å². The van der Waals surface area contributed by atoms with E-state index in [2.05, 4.69) is 55.4 Å². The quantitative estimate of drug-likeness (QED) is 0.0222. The number of phosphoric acid groups is 2. The summed E-state index contributed by atoms with van der Waals surface area (Å²) in [5.41, 5.74) is 0. The largest absolute Gasteiger partial charge is 0.472 e. The molecule has 0 aromatic heterocycles. The number of esters is 4. The van der Waals surface area contributed by atoms with E-state index < -0.39 is 97.5 Å². The smallest absolute Gasteiger partial charge is 0.462 e. The molecule has 0 amide bonds. The van der Waals surface area contributed by atoms with Crippen LogP contribution in [0.5, 0.6) is 0 Å². The standard InChI is InChI=1S/C67H130O17P2/c1-9-59(7)45-37-29-20-16-12-14-18-22-33-41-49-66(71)83-62(53-77-64(69)47-39-31-21-17-13-11-15-19-27-35-43-57(3)4)55-81-85(73,74)79-51-61(68)52-80-86(75,76)82-56-63(54-78-65(70)48-40-32-25-23-28-36-44-58(5)6)84-67(72)50-42-34-26-24-30-38-46-60(8)10-2/h57-63,68H,9-56H2,1-8H3,(H,73,74)(H,75,76)/t59?,60?,61-,62-,63-/m1/s1. The monoisotopic (exact) mass is 1270 g/mol. The number of carbonyl (C=O) groups excluding carboxylic acids is 4. The predicted octanol–water partition coefficient (Wildman–Crippen LogP) is 18.5. The maximum atomic E-state index is 13.0. The average molecular weight is 1270 g/mol. The molecule has 3 N–H and O–H groups in total. The number of rotatable bonds is 64. The highest BCUT2D eigenvalue weighted by Gasteiger charge is 2.30. The zero-order valence-corrected chi connectivity index (χ0v) is 57.7. The molecule has 4 unspecified atom stereocenters. The maximum Gasteiger partial charge on any atom is 0.472 e. The molecule has 510 valence electrons. The first kappa shape index (κ1) is 84.1. The number of phosphoric ester groups is 2. The molecule has 0 heterocycles. The fraction of sp³-hybridized carbons (Fsp3) is 0.940. The number of unbranched alkanes of at least 4 members (excludes halogenated alkanes) is 28. The Kier molecular flexibility index (Phi) is 55.7. The molecule has 0 fully saturated rings. The van der Waals surface area contributed by atoms with Crippen molar-refractivity contribution >= 4 is 39.5 Å². The second-order valence-corrected chi connectivity index (χ2v) is 28.6. The van der Waals surface area contributed by atoms with Gasteiger partial charge in [-0.25, -0.2) is 9.13 Å². The third kappa shape index (κ3) is 58.4. The first-order valence-electron chi connectivity index (χ1n) is 34.8. The van der Waals surface area contributed by atoms with E-state index in [1.807, 2.05) is 0 Å². The van der Waals surface area contributed by atoms with Crippen molar-refractivity contribution in [3.8, 4) is 0 Å². The number of aliphatic hydroxyl groups is 1. The Hall–Kier alpha value is -1.94. The van der Waals surface area contributed by atoms with Crippen LogP contribution >= 0.6 is 15.6 Å². The highest BCUT2D eigenvalue weighted by molar-refractivity contribution is 7.47. The molecule has 0 aromatic carbocycles. The van der Waals surface area contributed by atoms with Crippen molar-refractivity contribution < 1.29 is 80.2 Å². The second kappa shape index (κ2) is 57.0. The van der Waals surface area contributed by atoms with E-state index in [1.165, 1.54) is 122 Å². The van der Waals surface area contributed by atoms with Crippen LogP contribution in [0.3, 0.4) is 0 Å². The van der Waals surface area contributed by atoms with Gasteiger partial charge in [-0.3, -0.25) is 37.3 Å². The number of ether oxygens (including phenoxy) is 4. The van der Waals surface area contributed by atoms with Gasteiger partial charge in [-0.15, -0.1) is 0 Å². The van der Waals surface area contributed by atoms with Crippen molar-refractivity contribution in [3.05, 3.63) is 0 Å². The zero-order chi connectivity index (χ0) is 63.9. The molecule has 0 rings (SSSR count). The summed E-state index contributed by atoms with van der Waals surface area (Å²) in [7, 11) is -9.90. The Morgan fingerprint density at radius 2 is 0.558 bits per heavy atom. The van der Waals surface area contributed by atoms with Crippen LogP contribution in [-0.2, 0) is 65.4 Å². The summed E-state index contributed by atoms with van der Waals surface area (Å²) in [6, 6.07) is 0. The van der Waals surface area contributed by atoms with Crippen LogP contribution < -0.4 is 0 Å². The number of aliphatic hydroxyl groups excluding tert-OH is 1. The van der Waals surface area contributed by atoms with Crippen molar-refractivity contribution in [1.82, 2.24) is 0 Å². The Morgan fingerprint density at radius 1 is 0.326 bits per heavy atom. The number of carbonyl (C=O) groups is 4. The molecule has 19 heteroatoms. The lowest BCUT2D eigenvalue weighted by Gasteiger charge is -2.21. The fourth-order valence-electron chi connectivity index (χ4n) is 9.89. The highest BCUT2D eigenvalue weighted by Crippen LogP contribution is 2.45. The summed E-state index contributed by atoms with van der Waals surface area (Å²) >= 11 is 0. The molecule has 0 aromatic rings. The molecule has 0 aliphatic heterocycles. The van der Waals surface area contributed by atoms with Crippen molar-refractivity contribution in [3.63, 3.8) is 0 Å². The molecule has 17 nitrogen and oxygen atoms in total. The van der Waals surface area contributed by atoms with Crippen LogP contribution in [0.2, 0.25) is 0 Å². The van der Waals surface area contributed by atoms with E-state index in [4.69, 9.17) is 37.0 Å². The molecule has 0 bridgehead atoms. The maximum absolute atomic E-state index is 13.0. The van der Waals surface area contributed by atoms with Gasteiger partial charge in [0, 0.05) is 25.7 Å². The van der Waals surface area contributed by atoms with Crippen LogP contribution in [0, 0.1) is 23.7 Å². The molecule has 0 saturated heterocycles. The highest BCUT2D eigenvalue weighted by atomic mass is 31.2. The van der Waals surface area contributed by atoms with Gasteiger partial charge in [0.2, 0.25) is 0 Å². The van der Waals surface area contributed by atoms with Crippen molar-refractivity contribution in [2.45, 2.75) is 343 Å². The van der Waals surface area contributed by atoms with E-state index >= 15 is 0 Å². The van der Waals surface area contributed by atoms with Crippen LogP contribution in [0.1, 0.15) is 325 Å². The van der Waals surface area contributed by atoms with Crippen molar-refractivity contribution in [2.24, 2.45) is 23.7 Å². The van der Waals surface area contributed by atoms with Gasteiger partial charge < -0.3 is 33.8 Å². The first-order valence-corrected chi connectivity index (χ1v) is 37.8. The van der Waals surface area contributed by atoms with Gasteiger partial charge in [0.05, 0.1) is 26.4 Å². The third-order valence-electron chi connectivity index (χ3n) is 16.0. The minimum absolute atomic E-state index is 0.101. The lowest BCUT2D eigenvalue weighted by Crippen LogP contribution is -2.30. The normalized spacial score (nSPS) is 15.0. The minimum Gasteiger partial charge on any atom is -0.462 e. The van der Waals surface area contributed by atoms with E-state index in [9.17, 15) is 43.2 Å². The van der Waals surface area contributed by atoms with Gasteiger partial charge >= 0.3 is 39.5 Å². The predicted molar refractivity (Wildman–Crippen MR) is 344 cm³/mol. The van der Waals surface area contributed by atoms with Gasteiger partial charge in [-0.1, -0.05) is 274 Å². The molecule has 0 aliphatic rings. The summed E-state index contributed by atoms with van der Waals surface area (Å²) in [6.07, 6.45) is 37.7. The van der Waals surface area contributed by atoms with Crippen LogP contribution in [0.4, 0.5) is 0 Å². The van der Waals surface area contributed by atoms with Gasteiger partial charge in [0.25, 0.3) is 0 Å². The molecule has 7 atom stereocenters. The summed E-state index contributed by atoms with van der Waals surface area (Å²) in [4.78, 5) is 72.3. The average Bonchev–Trinajstić information content (AvgIpc) is 3.67. The topological polar surface area (TPSA) is 237 Å². The van der Waals surface area contributed by atoms with E-state index in [0.717, 1.165) is 114 Å². The minimum atomic E-state index is -4.95. The summed E-state index contributed by atoms with van der Waals surface area (Å²) in [6.45, 7) is 14.0. The molecule has 86 heavy (non-hydrogen) atoms. The SMILES string of the molecule is CCC(C)CCCCCCCCCCCCC(=O)O[C@H](COC(=O)CCCCCCCCCCCCC(C)C)COP(=O)(O)OC[C@@H](O)COP(=O)(O)OC[C@@H](COC(=O)CCCCCCCCC(C)C)OC(=O)CCCCCCCCC(C)CC. The number of hydrogen-bond donors (Lipinski definition) is 3.